The van der Waals surface area contributed by atoms with Gasteiger partial charge in [0.05, 0.1) is 6.54 Å². The van der Waals surface area contributed by atoms with Crippen LogP contribution >= 0.6 is 0 Å². The summed E-state index contributed by atoms with van der Waals surface area (Å²) < 4.78 is 2.00. The molecule has 1 aliphatic carbocycles. The number of hydrogen-bond acceptors (Lipinski definition) is 4. The summed E-state index contributed by atoms with van der Waals surface area (Å²) in [4.78, 5) is 0. The molecule has 0 spiro atoms. The van der Waals surface area contributed by atoms with E-state index in [1.54, 1.807) is 0 Å². The van der Waals surface area contributed by atoms with Crippen molar-refractivity contribution in [3.63, 3.8) is 0 Å². The van der Waals surface area contributed by atoms with E-state index in [1.807, 2.05) is 4.68 Å². The number of tetrazole rings is 1. The van der Waals surface area contributed by atoms with E-state index in [1.165, 1.54) is 32.1 Å². The second-order valence-electron chi connectivity index (χ2n) is 5.75. The van der Waals surface area contributed by atoms with Gasteiger partial charge in [-0.05, 0) is 48.1 Å². The first kappa shape index (κ1) is 14.4. The molecule has 1 fully saturated rings. The number of hydrogen-bond donors (Lipinski definition) is 1. The smallest absolute Gasteiger partial charge is 0.165 e. The van der Waals surface area contributed by atoms with Crippen LogP contribution in [0.2, 0.25) is 0 Å². The molecule has 0 atom stereocenters. The van der Waals surface area contributed by atoms with Crippen LogP contribution in [0, 0.1) is 11.8 Å². The van der Waals surface area contributed by atoms with E-state index in [0.717, 1.165) is 43.7 Å². The summed E-state index contributed by atoms with van der Waals surface area (Å²) >= 11 is 0. The van der Waals surface area contributed by atoms with Gasteiger partial charge in [-0.3, -0.25) is 0 Å². The van der Waals surface area contributed by atoms with Crippen LogP contribution < -0.4 is 5.32 Å². The monoisotopic (exact) mass is 265 g/mol. The van der Waals surface area contributed by atoms with Crippen LogP contribution in [-0.2, 0) is 13.1 Å². The third kappa shape index (κ3) is 4.27. The SMILES string of the molecule is CCCNCc1nnnn1CC1CCC(CC)CC1. The molecule has 5 heteroatoms. The zero-order valence-corrected chi connectivity index (χ0v) is 12.3. The minimum absolute atomic E-state index is 0.760. The number of nitrogens with one attached hydrogen (secondary N) is 1. The Kier molecular flexibility index (Phi) is 5.76. The molecule has 19 heavy (non-hydrogen) atoms. The van der Waals surface area contributed by atoms with Gasteiger partial charge in [-0.15, -0.1) is 5.10 Å². The summed E-state index contributed by atoms with van der Waals surface area (Å²) in [6.07, 6.45) is 7.91. The predicted octanol–water partition coefficient (Wildman–Crippen LogP) is 2.39. The van der Waals surface area contributed by atoms with Gasteiger partial charge in [-0.1, -0.05) is 33.1 Å². The highest BCUT2D eigenvalue weighted by Crippen LogP contribution is 2.31. The van der Waals surface area contributed by atoms with Gasteiger partial charge >= 0.3 is 0 Å². The molecule has 0 unspecified atom stereocenters. The second kappa shape index (κ2) is 7.58. The Hall–Kier alpha value is -0.970. The predicted molar refractivity (Wildman–Crippen MR) is 75.6 cm³/mol. The molecule has 0 saturated heterocycles. The first-order valence-electron chi connectivity index (χ1n) is 7.79. The van der Waals surface area contributed by atoms with E-state index in [-0.39, 0.29) is 0 Å². The molecule has 0 aromatic carbocycles. The minimum atomic E-state index is 0.760. The van der Waals surface area contributed by atoms with Crippen molar-refractivity contribution in [2.75, 3.05) is 6.54 Å². The van der Waals surface area contributed by atoms with Crippen LogP contribution in [0.1, 0.15) is 58.2 Å². The van der Waals surface area contributed by atoms with Crippen LogP contribution in [0.25, 0.3) is 0 Å². The molecule has 108 valence electrons. The van der Waals surface area contributed by atoms with Crippen molar-refractivity contribution in [3.8, 4) is 0 Å². The van der Waals surface area contributed by atoms with Crippen molar-refractivity contribution in [2.24, 2.45) is 11.8 Å². The summed E-state index contributed by atoms with van der Waals surface area (Å²) in [7, 11) is 0. The summed E-state index contributed by atoms with van der Waals surface area (Å²) in [5, 5.41) is 15.5. The first-order chi connectivity index (χ1) is 9.33. The van der Waals surface area contributed by atoms with Crippen LogP contribution in [0.5, 0.6) is 0 Å². The van der Waals surface area contributed by atoms with Gasteiger partial charge in [0.15, 0.2) is 5.82 Å². The summed E-state index contributed by atoms with van der Waals surface area (Å²) in [6.45, 7) is 7.28. The quantitative estimate of drug-likeness (QED) is 0.769. The lowest BCUT2D eigenvalue weighted by atomic mass is 9.81. The Labute approximate surface area is 116 Å². The van der Waals surface area contributed by atoms with Crippen LogP contribution in [0.4, 0.5) is 0 Å². The Morgan fingerprint density at radius 1 is 1.16 bits per heavy atom. The standard InChI is InChI=1S/C14H27N5/c1-3-9-15-10-14-16-17-18-19(14)11-13-7-5-12(4-2)6-8-13/h12-13,15H,3-11H2,1-2H3. The first-order valence-corrected chi connectivity index (χ1v) is 7.79. The van der Waals surface area contributed by atoms with E-state index >= 15 is 0 Å². The van der Waals surface area contributed by atoms with Gasteiger partial charge in [-0.2, -0.15) is 0 Å². The van der Waals surface area contributed by atoms with Crippen LogP contribution in [-0.4, -0.2) is 26.8 Å². The van der Waals surface area contributed by atoms with Gasteiger partial charge < -0.3 is 5.32 Å². The molecule has 1 saturated carbocycles. The summed E-state index contributed by atoms with van der Waals surface area (Å²) in [5.41, 5.74) is 0. The highest BCUT2D eigenvalue weighted by molar-refractivity contribution is 4.82. The molecule has 1 N–H and O–H groups in total. The topological polar surface area (TPSA) is 55.6 Å². The number of nitrogens with zero attached hydrogens (tertiary/aromatic N) is 4. The van der Waals surface area contributed by atoms with E-state index < -0.39 is 0 Å². The van der Waals surface area contributed by atoms with Crippen molar-refractivity contribution < 1.29 is 0 Å². The Bertz CT molecular complexity index is 354. The molecule has 1 aliphatic rings. The van der Waals surface area contributed by atoms with E-state index in [0.29, 0.717) is 0 Å². The minimum Gasteiger partial charge on any atom is -0.310 e. The van der Waals surface area contributed by atoms with Crippen LogP contribution in [0.15, 0.2) is 0 Å². The molecule has 0 radical (unpaired) electrons. The lowest BCUT2D eigenvalue weighted by molar-refractivity contribution is 0.238. The lowest BCUT2D eigenvalue weighted by Gasteiger charge is -2.27. The molecule has 5 nitrogen and oxygen atoms in total. The molecule has 0 aliphatic heterocycles. The summed E-state index contributed by atoms with van der Waals surface area (Å²) in [5.74, 6) is 2.69. The third-order valence-corrected chi connectivity index (χ3v) is 4.29. The average molecular weight is 265 g/mol. The average Bonchev–Trinajstić information content (AvgIpc) is 2.87. The maximum Gasteiger partial charge on any atom is 0.165 e. The fourth-order valence-corrected chi connectivity index (χ4v) is 2.94. The van der Waals surface area contributed by atoms with Gasteiger partial charge in [-0.25, -0.2) is 4.68 Å². The molecule has 0 amide bonds. The highest BCUT2D eigenvalue weighted by Gasteiger charge is 2.21. The van der Waals surface area contributed by atoms with Gasteiger partial charge in [0.25, 0.3) is 0 Å². The zero-order chi connectivity index (χ0) is 13.5. The fraction of sp³-hybridized carbons (Fsp3) is 0.929. The Morgan fingerprint density at radius 2 is 1.89 bits per heavy atom. The largest absolute Gasteiger partial charge is 0.310 e. The van der Waals surface area contributed by atoms with E-state index in [4.69, 9.17) is 0 Å². The molecule has 0 bridgehead atoms. The van der Waals surface area contributed by atoms with Crippen molar-refractivity contribution in [1.29, 1.82) is 0 Å². The molecular weight excluding hydrogens is 238 g/mol. The number of rotatable bonds is 7. The molecule has 1 heterocycles. The third-order valence-electron chi connectivity index (χ3n) is 4.29. The fourth-order valence-electron chi connectivity index (χ4n) is 2.94. The second-order valence-corrected chi connectivity index (χ2v) is 5.75. The molecule has 1 aromatic rings. The van der Waals surface area contributed by atoms with Crippen LogP contribution in [0.3, 0.4) is 0 Å². The normalized spacial score (nSPS) is 23.7. The molecule has 2 rings (SSSR count). The maximum atomic E-state index is 4.14. The highest BCUT2D eigenvalue weighted by atomic mass is 15.5. The van der Waals surface area contributed by atoms with E-state index in [9.17, 15) is 0 Å². The van der Waals surface area contributed by atoms with Crippen molar-refractivity contribution >= 4 is 0 Å². The van der Waals surface area contributed by atoms with Gasteiger partial charge in [0.1, 0.15) is 0 Å². The summed E-state index contributed by atoms with van der Waals surface area (Å²) in [6, 6.07) is 0. The van der Waals surface area contributed by atoms with Crippen molar-refractivity contribution in [2.45, 2.75) is 65.5 Å². The van der Waals surface area contributed by atoms with Gasteiger partial charge in [0.2, 0.25) is 0 Å². The Morgan fingerprint density at radius 3 is 2.58 bits per heavy atom. The zero-order valence-electron chi connectivity index (χ0n) is 12.3. The van der Waals surface area contributed by atoms with Crippen molar-refractivity contribution in [3.05, 3.63) is 5.82 Å². The van der Waals surface area contributed by atoms with Crippen molar-refractivity contribution in [1.82, 2.24) is 25.5 Å². The Balaban J connectivity index is 1.81. The maximum absolute atomic E-state index is 4.14. The molecule has 1 aromatic heterocycles. The lowest BCUT2D eigenvalue weighted by Crippen LogP contribution is -2.23. The van der Waals surface area contributed by atoms with E-state index in [2.05, 4.69) is 34.7 Å². The van der Waals surface area contributed by atoms with Gasteiger partial charge in [0, 0.05) is 6.54 Å². The molecular formula is C14H27N5. The number of aromatic nitrogens is 4.